The number of carbonyl (C=O) groups excluding carboxylic acids is 1. The number of ether oxygens (including phenoxy) is 3. The van der Waals surface area contributed by atoms with E-state index < -0.39 is 52.9 Å². The number of methoxy groups -OCH3 is 3. The number of aryl methyl sites for hydroxylation is 4. The first-order valence-corrected chi connectivity index (χ1v) is 12.8. The molecule has 45 heavy (non-hydrogen) atoms. The van der Waals surface area contributed by atoms with Crippen LogP contribution in [0.15, 0.2) is 36.4 Å². The van der Waals surface area contributed by atoms with Crippen LogP contribution in [0.4, 0.5) is 26.3 Å². The van der Waals surface area contributed by atoms with Gasteiger partial charge in [0.15, 0.2) is 11.4 Å². The highest BCUT2D eigenvalue weighted by Gasteiger charge is 2.39. The van der Waals surface area contributed by atoms with Gasteiger partial charge in [-0.3, -0.25) is 0 Å². The fourth-order valence-electron chi connectivity index (χ4n) is 4.53. The first kappa shape index (κ1) is 34.5. The summed E-state index contributed by atoms with van der Waals surface area (Å²) in [7, 11) is 3.20. The molecule has 0 radical (unpaired) electrons. The van der Waals surface area contributed by atoms with Gasteiger partial charge in [-0.15, -0.1) is 0 Å². The number of carbonyl (C=O) groups is 2. The summed E-state index contributed by atoms with van der Waals surface area (Å²) in [4.78, 5) is 30.6. The molecule has 4 heterocycles. The Hall–Kier alpha value is -5.02. The number of rotatable bonds is 6. The van der Waals surface area contributed by atoms with E-state index in [1.165, 1.54) is 9.13 Å². The summed E-state index contributed by atoms with van der Waals surface area (Å²) in [6, 6.07) is 8.41. The predicted molar refractivity (Wildman–Crippen MR) is 147 cm³/mol. The summed E-state index contributed by atoms with van der Waals surface area (Å²) < 4.78 is 95.9. The topological polar surface area (TPSA) is 118 Å². The number of alkyl halides is 6. The molecule has 10 nitrogen and oxygen atoms in total. The second-order valence-corrected chi connectivity index (χ2v) is 9.52. The van der Waals surface area contributed by atoms with Crippen molar-refractivity contribution in [1.82, 2.24) is 19.1 Å². The number of hydrogen-bond donors (Lipinski definition) is 1. The predicted octanol–water partition coefficient (Wildman–Crippen LogP) is 6.52. The number of aromatic carboxylic acids is 1. The van der Waals surface area contributed by atoms with E-state index in [0.29, 0.717) is 22.8 Å². The molecule has 0 amide bonds. The van der Waals surface area contributed by atoms with E-state index in [1.807, 2.05) is 0 Å². The van der Waals surface area contributed by atoms with Crippen molar-refractivity contribution in [2.24, 2.45) is 0 Å². The molecule has 0 bridgehead atoms. The van der Waals surface area contributed by atoms with Crippen molar-refractivity contribution in [2.75, 3.05) is 21.3 Å². The fourth-order valence-corrected chi connectivity index (χ4v) is 4.53. The lowest BCUT2D eigenvalue weighted by atomic mass is 10.2. The van der Waals surface area contributed by atoms with Gasteiger partial charge < -0.3 is 28.5 Å². The highest BCUT2D eigenvalue weighted by Crippen LogP contribution is 2.39. The molecule has 4 aromatic rings. The lowest BCUT2D eigenvalue weighted by Gasteiger charge is -2.18. The summed E-state index contributed by atoms with van der Waals surface area (Å²) in [5.74, 6) is -3.73. The number of aromatic nitrogens is 4. The minimum absolute atomic E-state index is 0.00928. The van der Waals surface area contributed by atoms with Crippen LogP contribution in [-0.2, 0) is 17.1 Å². The van der Waals surface area contributed by atoms with Crippen LogP contribution in [-0.4, -0.2) is 57.5 Å². The lowest BCUT2D eigenvalue weighted by molar-refractivity contribution is -0.140. The van der Waals surface area contributed by atoms with Crippen molar-refractivity contribution >= 4 is 11.9 Å². The molecule has 0 aromatic carbocycles. The van der Waals surface area contributed by atoms with Crippen molar-refractivity contribution in [3.8, 4) is 23.1 Å². The smallest absolute Gasteiger partial charge is 0.421 e. The van der Waals surface area contributed by atoms with Crippen LogP contribution in [0.5, 0.6) is 11.8 Å². The number of esters is 1. The Bertz CT molecular complexity index is 1700. The standard InChI is InChI=1S/C15H15F3N2O3.C14H13F3N2O3/c1-8-5-6-9(2)20(8)11-7-10(15(16,17)18)13(22-3)19-12(11)14(21)23-4;1-7-4-5-8(2)19(7)10-6-9(14(15,16)17)12(22-3)18-11(10)13(20)21/h5-7H,1-4H3;4-6H,1-3H3,(H,20,21). The van der Waals surface area contributed by atoms with Crippen LogP contribution in [0.1, 0.15) is 54.9 Å². The van der Waals surface area contributed by atoms with Crippen molar-refractivity contribution in [3.63, 3.8) is 0 Å². The molecule has 0 atom stereocenters. The molecule has 242 valence electrons. The van der Waals surface area contributed by atoms with E-state index in [2.05, 4.69) is 19.4 Å². The summed E-state index contributed by atoms with van der Waals surface area (Å²) >= 11 is 0. The highest BCUT2D eigenvalue weighted by atomic mass is 19.4. The van der Waals surface area contributed by atoms with Gasteiger partial charge in [0.2, 0.25) is 11.8 Å². The van der Waals surface area contributed by atoms with Gasteiger partial charge in [0, 0.05) is 22.8 Å². The fraction of sp³-hybridized carbons (Fsp3) is 0.310. The van der Waals surface area contributed by atoms with Gasteiger partial charge in [0.1, 0.15) is 11.1 Å². The largest absolute Gasteiger partial charge is 0.481 e. The second-order valence-electron chi connectivity index (χ2n) is 9.52. The molecule has 0 fully saturated rings. The molecular formula is C29H28F6N4O6. The molecule has 0 aliphatic heterocycles. The monoisotopic (exact) mass is 642 g/mol. The average molecular weight is 643 g/mol. The zero-order chi connectivity index (χ0) is 34.0. The minimum atomic E-state index is -4.71. The molecule has 0 saturated heterocycles. The number of carboxylic acid groups (broad SMARTS) is 1. The van der Waals surface area contributed by atoms with Crippen molar-refractivity contribution in [1.29, 1.82) is 0 Å². The summed E-state index contributed by atoms with van der Waals surface area (Å²) in [6.45, 7) is 6.75. The van der Waals surface area contributed by atoms with Crippen LogP contribution < -0.4 is 9.47 Å². The van der Waals surface area contributed by atoms with Crippen LogP contribution >= 0.6 is 0 Å². The third-order valence-corrected chi connectivity index (χ3v) is 6.54. The summed E-state index contributed by atoms with van der Waals surface area (Å²) in [6.07, 6.45) is -9.38. The van der Waals surface area contributed by atoms with E-state index in [0.717, 1.165) is 33.5 Å². The van der Waals surface area contributed by atoms with Crippen LogP contribution in [0.25, 0.3) is 11.4 Å². The molecule has 0 aliphatic carbocycles. The Morgan fingerprint density at radius 3 is 1.29 bits per heavy atom. The van der Waals surface area contributed by atoms with Gasteiger partial charge >= 0.3 is 24.3 Å². The highest BCUT2D eigenvalue weighted by molar-refractivity contribution is 5.92. The Morgan fingerprint density at radius 1 is 0.667 bits per heavy atom. The Labute approximate surface area is 252 Å². The number of carboxylic acids is 1. The van der Waals surface area contributed by atoms with Gasteiger partial charge in [-0.2, -0.15) is 26.3 Å². The number of pyridine rings is 2. The second kappa shape index (κ2) is 12.9. The molecule has 4 rings (SSSR count). The van der Waals surface area contributed by atoms with Crippen molar-refractivity contribution in [3.05, 3.63) is 81.7 Å². The molecular weight excluding hydrogens is 614 g/mol. The van der Waals surface area contributed by atoms with Gasteiger partial charge in [-0.05, 0) is 64.1 Å². The van der Waals surface area contributed by atoms with Crippen molar-refractivity contribution < 1.29 is 55.2 Å². The first-order valence-electron chi connectivity index (χ1n) is 12.8. The first-order chi connectivity index (χ1) is 20.9. The van der Waals surface area contributed by atoms with Crippen LogP contribution in [0.2, 0.25) is 0 Å². The number of halogens is 6. The SMILES string of the molecule is COC(=O)c1nc(OC)c(C(F)(F)F)cc1-n1c(C)ccc1C.COc1nc(C(=O)O)c(-n2c(C)ccc2C)cc1C(F)(F)F. The average Bonchev–Trinajstić information content (AvgIpc) is 3.48. The van der Waals surface area contributed by atoms with Crippen LogP contribution in [0, 0.1) is 27.7 Å². The van der Waals surface area contributed by atoms with Crippen LogP contribution in [0.3, 0.4) is 0 Å². The number of hydrogen-bond acceptors (Lipinski definition) is 7. The van der Waals surface area contributed by atoms with Gasteiger partial charge in [0.05, 0.1) is 32.7 Å². The molecule has 16 heteroatoms. The molecule has 0 saturated carbocycles. The van der Waals surface area contributed by atoms with Crippen molar-refractivity contribution in [2.45, 2.75) is 40.0 Å². The quantitative estimate of drug-likeness (QED) is 0.187. The summed E-state index contributed by atoms with van der Waals surface area (Å²) in [5, 5.41) is 9.25. The zero-order valence-corrected chi connectivity index (χ0v) is 25.0. The lowest BCUT2D eigenvalue weighted by Crippen LogP contribution is -2.17. The molecule has 0 unspecified atom stereocenters. The van der Waals surface area contributed by atoms with Gasteiger partial charge in [-0.1, -0.05) is 0 Å². The Kier molecular flexibility index (Phi) is 9.89. The maximum absolute atomic E-state index is 13.2. The maximum Gasteiger partial charge on any atom is 0.421 e. The summed E-state index contributed by atoms with van der Waals surface area (Å²) in [5.41, 5.74) is -0.587. The Morgan fingerprint density at radius 2 is 1.00 bits per heavy atom. The van der Waals surface area contributed by atoms with E-state index >= 15 is 0 Å². The molecule has 0 aliphatic rings. The van der Waals surface area contributed by atoms with Gasteiger partial charge in [0.25, 0.3) is 0 Å². The van der Waals surface area contributed by atoms with E-state index in [4.69, 9.17) is 4.74 Å². The van der Waals surface area contributed by atoms with E-state index in [9.17, 15) is 41.0 Å². The molecule has 4 aromatic heterocycles. The third kappa shape index (κ3) is 7.05. The number of nitrogens with zero attached hydrogens (tertiary/aromatic N) is 4. The minimum Gasteiger partial charge on any atom is -0.481 e. The van der Waals surface area contributed by atoms with Gasteiger partial charge in [-0.25, -0.2) is 19.6 Å². The molecule has 0 spiro atoms. The normalized spacial score (nSPS) is 11.5. The van der Waals surface area contributed by atoms with E-state index in [-0.39, 0.29) is 17.1 Å². The van der Waals surface area contributed by atoms with E-state index in [1.54, 1.807) is 52.0 Å². The third-order valence-electron chi connectivity index (χ3n) is 6.54. The Balaban J connectivity index is 0.000000246. The zero-order valence-electron chi connectivity index (χ0n) is 25.0. The molecule has 1 N–H and O–H groups in total. The maximum atomic E-state index is 13.2.